The first kappa shape index (κ1) is 26.0. The molecule has 0 bridgehead atoms. The normalized spacial score (nSPS) is 16.3. The van der Waals surface area contributed by atoms with Crippen LogP contribution in [0.3, 0.4) is 0 Å². The molecular weight excluding hydrogens is 501 g/mol. The molecule has 1 aromatic rings. The van der Waals surface area contributed by atoms with Crippen molar-refractivity contribution in [3.63, 3.8) is 0 Å². The highest BCUT2D eigenvalue weighted by Crippen LogP contribution is 2.22. The van der Waals surface area contributed by atoms with Gasteiger partial charge in [-0.3, -0.25) is 4.99 Å². The summed E-state index contributed by atoms with van der Waals surface area (Å²) in [6.07, 6.45) is 4.04. The highest BCUT2D eigenvalue weighted by Gasteiger charge is 2.24. The number of likely N-dealkylation sites (tertiary alicyclic amines) is 1. The number of nitrogens with one attached hydrogen (secondary N) is 1. The van der Waals surface area contributed by atoms with Crippen molar-refractivity contribution in [1.82, 2.24) is 10.2 Å². The molecule has 1 fully saturated rings. The van der Waals surface area contributed by atoms with Gasteiger partial charge in [0.2, 0.25) is 0 Å². The fourth-order valence-corrected chi connectivity index (χ4v) is 4.06. The van der Waals surface area contributed by atoms with Gasteiger partial charge in [0, 0.05) is 45.3 Å². The summed E-state index contributed by atoms with van der Waals surface area (Å²) in [5.74, 6) is 2.04. The van der Waals surface area contributed by atoms with Crippen molar-refractivity contribution in [3.05, 3.63) is 30.3 Å². The molecule has 2 rings (SSSR count). The number of halogens is 1. The average Bonchev–Trinajstić information content (AvgIpc) is 2.65. The maximum atomic E-state index is 11.5. The van der Waals surface area contributed by atoms with Crippen LogP contribution in [0, 0.1) is 5.41 Å². The molecule has 0 unspecified atom stereocenters. The van der Waals surface area contributed by atoms with Gasteiger partial charge in [0.1, 0.15) is 21.7 Å². The van der Waals surface area contributed by atoms with Crippen LogP contribution in [0.1, 0.15) is 40.0 Å². The molecule has 1 aromatic carbocycles. The van der Waals surface area contributed by atoms with Gasteiger partial charge >= 0.3 is 0 Å². The molecule has 29 heavy (non-hydrogen) atoms. The number of guanidine groups is 1. The van der Waals surface area contributed by atoms with Crippen LogP contribution in [-0.4, -0.2) is 63.6 Å². The number of para-hydroxylation sites is 1. The van der Waals surface area contributed by atoms with Crippen molar-refractivity contribution in [2.24, 2.45) is 10.4 Å². The van der Waals surface area contributed by atoms with Crippen molar-refractivity contribution < 1.29 is 13.2 Å². The van der Waals surface area contributed by atoms with Gasteiger partial charge in [0.05, 0.1) is 5.75 Å². The predicted octanol–water partition coefficient (Wildman–Crippen LogP) is 3.57. The minimum absolute atomic E-state index is 0. The van der Waals surface area contributed by atoms with Crippen LogP contribution in [0.5, 0.6) is 5.75 Å². The van der Waals surface area contributed by atoms with E-state index in [1.165, 1.54) is 6.26 Å². The number of sulfone groups is 1. The Kier molecular flexibility index (Phi) is 10.7. The summed E-state index contributed by atoms with van der Waals surface area (Å²) in [5, 5.41) is 3.38. The van der Waals surface area contributed by atoms with Crippen molar-refractivity contribution in [3.8, 4) is 5.75 Å². The van der Waals surface area contributed by atoms with Crippen molar-refractivity contribution in [1.29, 1.82) is 0 Å². The highest BCUT2D eigenvalue weighted by atomic mass is 127. The van der Waals surface area contributed by atoms with Gasteiger partial charge in [0.15, 0.2) is 5.96 Å². The van der Waals surface area contributed by atoms with Crippen LogP contribution in [0.25, 0.3) is 0 Å². The molecule has 0 amide bonds. The van der Waals surface area contributed by atoms with E-state index in [2.05, 4.69) is 31.0 Å². The molecule has 1 aliphatic heterocycles. The summed E-state index contributed by atoms with van der Waals surface area (Å²) < 4.78 is 29.0. The largest absolute Gasteiger partial charge is 0.490 e. The summed E-state index contributed by atoms with van der Waals surface area (Å²) in [6.45, 7) is 9.42. The Hall–Kier alpha value is -1.03. The van der Waals surface area contributed by atoms with Gasteiger partial charge in [0.25, 0.3) is 0 Å². The molecule has 0 radical (unpaired) electrons. The molecule has 6 nitrogen and oxygen atoms in total. The van der Waals surface area contributed by atoms with Crippen LogP contribution in [0.15, 0.2) is 35.3 Å². The van der Waals surface area contributed by atoms with Gasteiger partial charge in [-0.25, -0.2) is 8.42 Å². The number of piperidine rings is 1. The summed E-state index contributed by atoms with van der Waals surface area (Å²) in [6, 6.07) is 9.97. The number of rotatable bonds is 8. The fraction of sp³-hybridized carbons (Fsp3) is 0.667. The standard InChI is InChI=1S/C21H35N3O3S.HI/c1-5-22-20(23-17-21(2,3)13-16-28(4,25)26)24-14-11-19(12-15-24)27-18-9-7-6-8-10-18;/h6-10,19H,5,11-17H2,1-4H3,(H,22,23);1H. The van der Waals surface area contributed by atoms with Gasteiger partial charge in [-0.2, -0.15) is 0 Å². The van der Waals surface area contributed by atoms with Crippen molar-refractivity contribution in [2.45, 2.75) is 46.1 Å². The van der Waals surface area contributed by atoms with Gasteiger partial charge in [-0.15, -0.1) is 24.0 Å². The zero-order valence-corrected chi connectivity index (χ0v) is 21.2. The van der Waals surface area contributed by atoms with Crippen LogP contribution < -0.4 is 10.1 Å². The molecule has 1 saturated heterocycles. The minimum Gasteiger partial charge on any atom is -0.490 e. The van der Waals surface area contributed by atoms with Crippen LogP contribution in [-0.2, 0) is 9.84 Å². The first-order valence-electron chi connectivity index (χ1n) is 10.1. The second kappa shape index (κ2) is 12.0. The van der Waals surface area contributed by atoms with Crippen LogP contribution in [0.4, 0.5) is 0 Å². The van der Waals surface area contributed by atoms with E-state index in [-0.39, 0.29) is 41.2 Å². The quantitative estimate of drug-likeness (QED) is 0.312. The van der Waals surface area contributed by atoms with E-state index in [0.29, 0.717) is 13.0 Å². The predicted molar refractivity (Wildman–Crippen MR) is 131 cm³/mol. The molecule has 0 spiro atoms. The summed E-state index contributed by atoms with van der Waals surface area (Å²) >= 11 is 0. The molecule has 166 valence electrons. The topological polar surface area (TPSA) is 71.0 Å². The maximum Gasteiger partial charge on any atom is 0.193 e. The molecule has 8 heteroatoms. The highest BCUT2D eigenvalue weighted by molar-refractivity contribution is 14.0. The fourth-order valence-electron chi connectivity index (χ4n) is 3.13. The van der Waals surface area contributed by atoms with Crippen LogP contribution >= 0.6 is 24.0 Å². The minimum atomic E-state index is -2.95. The Labute approximate surface area is 193 Å². The van der Waals surface area contributed by atoms with E-state index in [0.717, 1.165) is 44.2 Å². The molecule has 1 heterocycles. The van der Waals surface area contributed by atoms with E-state index < -0.39 is 9.84 Å². The van der Waals surface area contributed by atoms with E-state index in [1.807, 2.05) is 30.3 Å². The summed E-state index contributed by atoms with van der Waals surface area (Å²) in [7, 11) is -2.95. The maximum absolute atomic E-state index is 11.5. The molecule has 0 atom stereocenters. The zero-order valence-electron chi connectivity index (χ0n) is 18.1. The lowest BCUT2D eigenvalue weighted by Crippen LogP contribution is -2.47. The Morgan fingerprint density at radius 2 is 1.86 bits per heavy atom. The zero-order chi connectivity index (χ0) is 20.6. The summed E-state index contributed by atoms with van der Waals surface area (Å²) in [4.78, 5) is 7.09. The Balaban J connectivity index is 0.00000420. The lowest BCUT2D eigenvalue weighted by atomic mass is 9.90. The Bertz CT molecular complexity index is 731. The third-order valence-electron chi connectivity index (χ3n) is 4.93. The summed E-state index contributed by atoms with van der Waals surface area (Å²) in [5.41, 5.74) is -0.154. The monoisotopic (exact) mass is 537 g/mol. The molecule has 0 aromatic heterocycles. The molecule has 0 saturated carbocycles. The number of hydrogen-bond donors (Lipinski definition) is 1. The number of ether oxygens (including phenoxy) is 1. The molecular formula is C21H36IN3O3S. The van der Waals surface area contributed by atoms with Gasteiger partial charge in [-0.1, -0.05) is 32.0 Å². The lowest BCUT2D eigenvalue weighted by molar-refractivity contribution is 0.129. The number of nitrogens with zero attached hydrogens (tertiary/aromatic N) is 2. The second-order valence-electron chi connectivity index (χ2n) is 8.33. The smallest absolute Gasteiger partial charge is 0.193 e. The van der Waals surface area contributed by atoms with E-state index in [9.17, 15) is 8.42 Å². The van der Waals surface area contributed by atoms with Crippen LogP contribution in [0.2, 0.25) is 0 Å². The number of aliphatic imine (C=N–C) groups is 1. The van der Waals surface area contributed by atoms with E-state index in [1.54, 1.807) is 0 Å². The van der Waals surface area contributed by atoms with E-state index >= 15 is 0 Å². The van der Waals surface area contributed by atoms with Gasteiger partial charge < -0.3 is 15.0 Å². The molecule has 1 N–H and O–H groups in total. The third-order valence-corrected chi connectivity index (χ3v) is 5.87. The SMILES string of the molecule is CCNC(=NCC(C)(C)CCS(C)(=O)=O)N1CCC(Oc2ccccc2)CC1.I. The average molecular weight is 538 g/mol. The lowest BCUT2D eigenvalue weighted by Gasteiger charge is -2.35. The second-order valence-corrected chi connectivity index (χ2v) is 10.6. The number of benzene rings is 1. The van der Waals surface area contributed by atoms with E-state index in [4.69, 9.17) is 9.73 Å². The molecule has 1 aliphatic rings. The molecule has 0 aliphatic carbocycles. The number of hydrogen-bond acceptors (Lipinski definition) is 4. The Morgan fingerprint density at radius 1 is 1.24 bits per heavy atom. The first-order chi connectivity index (χ1) is 13.2. The third kappa shape index (κ3) is 10.0. The van der Waals surface area contributed by atoms with Gasteiger partial charge in [-0.05, 0) is 30.9 Å². The van der Waals surface area contributed by atoms with Crippen molar-refractivity contribution >= 4 is 39.8 Å². The Morgan fingerprint density at radius 3 is 2.41 bits per heavy atom. The first-order valence-corrected chi connectivity index (χ1v) is 12.2. The van der Waals surface area contributed by atoms with Crippen molar-refractivity contribution in [2.75, 3.05) is 38.2 Å².